The van der Waals surface area contributed by atoms with Gasteiger partial charge in [0.25, 0.3) is 0 Å². The fraction of sp³-hybridized carbons (Fsp3) is 0.444. The molecule has 3 rings (SSSR count). The van der Waals surface area contributed by atoms with Crippen LogP contribution >= 0.6 is 11.8 Å². The lowest BCUT2D eigenvalue weighted by molar-refractivity contribution is 0.0208. The number of hydrogen-bond donors (Lipinski definition) is 0. The molecule has 106 valence electrons. The Morgan fingerprint density at radius 1 is 1.15 bits per heavy atom. The zero-order valence-electron chi connectivity index (χ0n) is 12.1. The van der Waals surface area contributed by atoms with Crippen molar-refractivity contribution in [2.75, 3.05) is 12.4 Å². The summed E-state index contributed by atoms with van der Waals surface area (Å²) in [5.74, 6) is 1.20. The van der Waals surface area contributed by atoms with Gasteiger partial charge in [-0.2, -0.15) is 0 Å². The molecule has 2 aromatic carbocycles. The Hall–Kier alpha value is -0.990. The molecule has 0 N–H and O–H groups in total. The molecule has 20 heavy (non-hydrogen) atoms. The van der Waals surface area contributed by atoms with Gasteiger partial charge in [0.2, 0.25) is 0 Å². The van der Waals surface area contributed by atoms with Crippen LogP contribution in [0.25, 0.3) is 10.8 Å². The van der Waals surface area contributed by atoms with Crippen LogP contribution < -0.4 is 0 Å². The molecule has 0 bridgehead atoms. The number of hydrogen-bond acceptors (Lipinski definition) is 2. The number of thioether (sulfide) groups is 1. The van der Waals surface area contributed by atoms with Gasteiger partial charge in [0.05, 0.1) is 0 Å². The SMILES string of the molecule is CCCCOC1(c2cccc3ccccc23)CCCS1. The van der Waals surface area contributed by atoms with E-state index in [1.165, 1.54) is 34.9 Å². The molecule has 0 aromatic heterocycles. The maximum absolute atomic E-state index is 6.39. The first kappa shape index (κ1) is 14.0. The molecule has 0 saturated carbocycles. The van der Waals surface area contributed by atoms with E-state index in [0.29, 0.717) is 0 Å². The Bertz CT molecular complexity index is 567. The predicted octanol–water partition coefficient (Wildman–Crippen LogP) is 5.34. The highest BCUT2D eigenvalue weighted by Crippen LogP contribution is 2.49. The van der Waals surface area contributed by atoms with E-state index in [1.54, 1.807) is 0 Å². The molecule has 1 unspecified atom stereocenters. The van der Waals surface area contributed by atoms with Crippen molar-refractivity contribution in [2.24, 2.45) is 0 Å². The van der Waals surface area contributed by atoms with E-state index in [-0.39, 0.29) is 4.93 Å². The van der Waals surface area contributed by atoms with Crippen LogP contribution in [-0.2, 0) is 9.67 Å². The van der Waals surface area contributed by atoms with Crippen molar-refractivity contribution in [2.45, 2.75) is 37.5 Å². The lowest BCUT2D eigenvalue weighted by atomic mass is 9.97. The minimum absolute atomic E-state index is 0.115. The smallest absolute Gasteiger partial charge is 0.139 e. The van der Waals surface area contributed by atoms with Gasteiger partial charge in [-0.1, -0.05) is 55.8 Å². The van der Waals surface area contributed by atoms with Crippen molar-refractivity contribution in [3.8, 4) is 0 Å². The highest BCUT2D eigenvalue weighted by Gasteiger charge is 2.38. The summed E-state index contributed by atoms with van der Waals surface area (Å²) in [6.07, 6.45) is 4.72. The van der Waals surface area contributed by atoms with Gasteiger partial charge in [0, 0.05) is 12.2 Å². The zero-order chi connectivity index (χ0) is 13.8. The van der Waals surface area contributed by atoms with Gasteiger partial charge >= 0.3 is 0 Å². The van der Waals surface area contributed by atoms with E-state index >= 15 is 0 Å². The van der Waals surface area contributed by atoms with Crippen molar-refractivity contribution in [1.29, 1.82) is 0 Å². The third kappa shape index (κ3) is 2.59. The molecule has 2 heteroatoms. The molecular formula is C18H22OS. The quantitative estimate of drug-likeness (QED) is 0.686. The van der Waals surface area contributed by atoms with Crippen molar-refractivity contribution < 1.29 is 4.74 Å². The summed E-state index contributed by atoms with van der Waals surface area (Å²) in [5.41, 5.74) is 1.37. The fourth-order valence-electron chi connectivity index (χ4n) is 2.96. The number of benzene rings is 2. The monoisotopic (exact) mass is 286 g/mol. The summed E-state index contributed by atoms with van der Waals surface area (Å²) >= 11 is 1.99. The summed E-state index contributed by atoms with van der Waals surface area (Å²) in [4.78, 5) is -0.115. The van der Waals surface area contributed by atoms with Crippen molar-refractivity contribution in [1.82, 2.24) is 0 Å². The van der Waals surface area contributed by atoms with E-state index < -0.39 is 0 Å². The highest BCUT2D eigenvalue weighted by molar-refractivity contribution is 8.00. The van der Waals surface area contributed by atoms with Crippen molar-refractivity contribution >= 4 is 22.5 Å². The summed E-state index contributed by atoms with van der Waals surface area (Å²) in [7, 11) is 0. The molecule has 1 fully saturated rings. The summed E-state index contributed by atoms with van der Waals surface area (Å²) in [6.45, 7) is 3.09. The number of fused-ring (bicyclic) bond motifs is 1. The Morgan fingerprint density at radius 2 is 2.00 bits per heavy atom. The average molecular weight is 286 g/mol. The summed E-state index contributed by atoms with van der Waals surface area (Å²) in [6, 6.07) is 15.3. The van der Waals surface area contributed by atoms with Gasteiger partial charge in [-0.3, -0.25) is 0 Å². The van der Waals surface area contributed by atoms with Crippen LogP contribution in [0.1, 0.15) is 38.2 Å². The first-order valence-corrected chi connectivity index (χ1v) is 8.60. The van der Waals surface area contributed by atoms with Crippen LogP contribution in [0.5, 0.6) is 0 Å². The van der Waals surface area contributed by atoms with Gasteiger partial charge < -0.3 is 4.74 Å². The van der Waals surface area contributed by atoms with E-state index in [2.05, 4.69) is 49.4 Å². The minimum atomic E-state index is -0.115. The first-order chi connectivity index (χ1) is 9.86. The Kier molecular flexibility index (Phi) is 4.32. The summed E-state index contributed by atoms with van der Waals surface area (Å²) < 4.78 is 6.39. The molecule has 1 atom stereocenters. The molecule has 0 radical (unpaired) electrons. The van der Waals surface area contributed by atoms with Gasteiger partial charge in [0.1, 0.15) is 4.93 Å². The van der Waals surface area contributed by atoms with Gasteiger partial charge in [0.15, 0.2) is 0 Å². The van der Waals surface area contributed by atoms with Crippen molar-refractivity contribution in [3.05, 3.63) is 48.0 Å². The second kappa shape index (κ2) is 6.19. The maximum Gasteiger partial charge on any atom is 0.139 e. The summed E-state index contributed by atoms with van der Waals surface area (Å²) in [5, 5.41) is 2.66. The third-order valence-corrected chi connectivity index (χ3v) is 5.52. The lowest BCUT2D eigenvalue weighted by Gasteiger charge is -2.30. The van der Waals surface area contributed by atoms with E-state index in [0.717, 1.165) is 19.4 Å². The van der Waals surface area contributed by atoms with Crippen LogP contribution in [0, 0.1) is 0 Å². The predicted molar refractivity (Wildman–Crippen MR) is 88.2 cm³/mol. The van der Waals surface area contributed by atoms with Gasteiger partial charge in [-0.25, -0.2) is 0 Å². The van der Waals surface area contributed by atoms with Crippen LogP contribution in [0.2, 0.25) is 0 Å². The fourth-order valence-corrected chi connectivity index (χ4v) is 4.36. The first-order valence-electron chi connectivity index (χ1n) is 7.62. The molecule has 0 spiro atoms. The molecule has 1 saturated heterocycles. The standard InChI is InChI=1S/C18H22OS/c1-2-3-13-19-18(12-7-14-20-18)17-11-6-9-15-8-4-5-10-16(15)17/h4-6,8-11H,2-3,7,12-14H2,1H3. The lowest BCUT2D eigenvalue weighted by Crippen LogP contribution is -2.23. The van der Waals surface area contributed by atoms with Crippen LogP contribution in [0.4, 0.5) is 0 Å². The molecule has 1 heterocycles. The second-order valence-corrected chi connectivity index (χ2v) is 6.79. The van der Waals surface area contributed by atoms with Gasteiger partial charge in [-0.05, 0) is 35.8 Å². The Balaban J connectivity index is 2.01. The Labute approximate surface area is 125 Å². The van der Waals surface area contributed by atoms with E-state index in [4.69, 9.17) is 4.74 Å². The molecular weight excluding hydrogens is 264 g/mol. The van der Waals surface area contributed by atoms with Crippen LogP contribution in [0.15, 0.2) is 42.5 Å². The van der Waals surface area contributed by atoms with Crippen LogP contribution in [-0.4, -0.2) is 12.4 Å². The zero-order valence-corrected chi connectivity index (χ0v) is 12.9. The average Bonchev–Trinajstić information content (AvgIpc) is 2.97. The highest BCUT2D eigenvalue weighted by atomic mass is 32.2. The minimum Gasteiger partial charge on any atom is -0.360 e. The second-order valence-electron chi connectivity index (χ2n) is 5.43. The number of ether oxygens (including phenoxy) is 1. The molecule has 2 aromatic rings. The molecule has 0 amide bonds. The molecule has 1 nitrogen and oxygen atoms in total. The topological polar surface area (TPSA) is 9.23 Å². The number of unbranched alkanes of at least 4 members (excludes halogenated alkanes) is 1. The Morgan fingerprint density at radius 3 is 2.80 bits per heavy atom. The molecule has 1 aliphatic heterocycles. The van der Waals surface area contributed by atoms with Crippen molar-refractivity contribution in [3.63, 3.8) is 0 Å². The number of rotatable bonds is 5. The van der Waals surface area contributed by atoms with E-state index in [1.807, 2.05) is 11.8 Å². The third-order valence-electron chi connectivity index (χ3n) is 4.02. The van der Waals surface area contributed by atoms with E-state index in [9.17, 15) is 0 Å². The molecule has 0 aliphatic carbocycles. The van der Waals surface area contributed by atoms with Crippen LogP contribution in [0.3, 0.4) is 0 Å². The normalized spacial score (nSPS) is 22.4. The molecule has 1 aliphatic rings. The maximum atomic E-state index is 6.39. The van der Waals surface area contributed by atoms with Gasteiger partial charge in [-0.15, -0.1) is 11.8 Å². The largest absolute Gasteiger partial charge is 0.360 e.